The summed E-state index contributed by atoms with van der Waals surface area (Å²) >= 11 is 0. The van der Waals surface area contributed by atoms with Crippen LogP contribution in [-0.2, 0) is 23.9 Å². The van der Waals surface area contributed by atoms with Crippen molar-refractivity contribution < 1.29 is 38.8 Å². The quantitative estimate of drug-likeness (QED) is 0.530. The maximum absolute atomic E-state index is 13.0. The van der Waals surface area contributed by atoms with Gasteiger partial charge in [-0.25, -0.2) is 0 Å². The fourth-order valence-corrected chi connectivity index (χ4v) is 3.93. The highest BCUT2D eigenvalue weighted by Crippen LogP contribution is 2.48. The molecule has 1 aliphatic carbocycles. The first kappa shape index (κ1) is 23.7. The van der Waals surface area contributed by atoms with E-state index in [1.165, 1.54) is 32.2 Å². The zero-order valence-corrected chi connectivity index (χ0v) is 18.2. The summed E-state index contributed by atoms with van der Waals surface area (Å²) < 4.78 is 15.8. The second kappa shape index (κ2) is 9.04. The van der Waals surface area contributed by atoms with E-state index in [1.54, 1.807) is 27.7 Å². The Labute approximate surface area is 176 Å². The molecule has 30 heavy (non-hydrogen) atoms. The summed E-state index contributed by atoms with van der Waals surface area (Å²) in [6.07, 6.45) is -1.32. The highest BCUT2D eigenvalue weighted by atomic mass is 16.5. The van der Waals surface area contributed by atoms with E-state index in [-0.39, 0.29) is 11.5 Å². The number of aliphatic hydroxyl groups is 1. The van der Waals surface area contributed by atoms with Crippen LogP contribution in [0.5, 0.6) is 11.5 Å². The molecule has 0 bridgehead atoms. The van der Waals surface area contributed by atoms with Crippen molar-refractivity contribution in [1.82, 2.24) is 0 Å². The van der Waals surface area contributed by atoms with Crippen LogP contribution in [0.2, 0.25) is 0 Å². The van der Waals surface area contributed by atoms with Gasteiger partial charge in [0.15, 0.2) is 17.3 Å². The molecule has 0 spiro atoms. The van der Waals surface area contributed by atoms with E-state index in [9.17, 15) is 24.6 Å². The maximum atomic E-state index is 13.0. The van der Waals surface area contributed by atoms with Crippen LogP contribution in [0.4, 0.5) is 0 Å². The number of benzene rings is 1. The summed E-state index contributed by atoms with van der Waals surface area (Å²) in [5, 5.41) is 21.0. The SMILES string of the molecule is COc1cc([C@H]2[C@H](C(=O)OC(C)C)C(=O)C[C@@](C)(O)[C@@H]2C(=O)OC(C)C)ccc1O. The number of hydrogen-bond acceptors (Lipinski definition) is 8. The van der Waals surface area contributed by atoms with Crippen molar-refractivity contribution in [1.29, 1.82) is 0 Å². The first-order valence-corrected chi connectivity index (χ1v) is 9.92. The number of carbonyl (C=O) groups excluding carboxylic acids is 3. The smallest absolute Gasteiger partial charge is 0.317 e. The summed E-state index contributed by atoms with van der Waals surface area (Å²) in [5.74, 6) is -5.64. The molecule has 0 saturated heterocycles. The number of methoxy groups -OCH3 is 1. The molecule has 1 saturated carbocycles. The average Bonchev–Trinajstić information content (AvgIpc) is 2.59. The van der Waals surface area contributed by atoms with Crippen molar-refractivity contribution in [3.8, 4) is 11.5 Å². The van der Waals surface area contributed by atoms with Crippen LogP contribution in [0.15, 0.2) is 18.2 Å². The van der Waals surface area contributed by atoms with Crippen molar-refractivity contribution in [2.75, 3.05) is 7.11 Å². The molecular formula is C22H30O8. The van der Waals surface area contributed by atoms with Gasteiger partial charge in [-0.1, -0.05) is 6.07 Å². The molecule has 0 aromatic heterocycles. The minimum atomic E-state index is -1.74. The average molecular weight is 422 g/mol. The number of aromatic hydroxyl groups is 1. The third-order valence-electron chi connectivity index (χ3n) is 5.07. The van der Waals surface area contributed by atoms with Crippen molar-refractivity contribution in [3.05, 3.63) is 23.8 Å². The van der Waals surface area contributed by atoms with E-state index in [0.29, 0.717) is 5.56 Å². The van der Waals surface area contributed by atoms with E-state index < -0.39 is 59.7 Å². The normalized spacial score (nSPS) is 26.6. The number of rotatable bonds is 6. The Kier molecular flexibility index (Phi) is 7.13. The second-order valence-electron chi connectivity index (χ2n) is 8.38. The van der Waals surface area contributed by atoms with Gasteiger partial charge in [0.1, 0.15) is 5.92 Å². The van der Waals surface area contributed by atoms with Crippen LogP contribution < -0.4 is 4.74 Å². The van der Waals surface area contributed by atoms with E-state index in [1.807, 2.05) is 0 Å². The van der Waals surface area contributed by atoms with Gasteiger partial charge < -0.3 is 24.4 Å². The molecule has 4 atom stereocenters. The molecule has 1 aromatic carbocycles. The summed E-state index contributed by atoms with van der Waals surface area (Å²) in [6.45, 7) is 8.04. The Morgan fingerprint density at radius 1 is 1.10 bits per heavy atom. The Bertz CT molecular complexity index is 803. The fourth-order valence-electron chi connectivity index (χ4n) is 3.93. The molecule has 166 valence electrons. The summed E-state index contributed by atoms with van der Waals surface area (Å²) in [7, 11) is 1.36. The Hall–Kier alpha value is -2.61. The Balaban J connectivity index is 2.67. The molecule has 1 aromatic rings. The third-order valence-corrected chi connectivity index (χ3v) is 5.07. The summed E-state index contributed by atoms with van der Waals surface area (Å²) in [4.78, 5) is 38.8. The van der Waals surface area contributed by atoms with Crippen LogP contribution >= 0.6 is 0 Å². The molecule has 8 heteroatoms. The summed E-state index contributed by atoms with van der Waals surface area (Å²) in [5.41, 5.74) is -1.37. The molecule has 2 rings (SSSR count). The lowest BCUT2D eigenvalue weighted by Gasteiger charge is -2.44. The minimum Gasteiger partial charge on any atom is -0.504 e. The number of ether oxygens (including phenoxy) is 3. The molecule has 1 fully saturated rings. The van der Waals surface area contributed by atoms with Gasteiger partial charge in [-0.05, 0) is 52.3 Å². The van der Waals surface area contributed by atoms with Crippen molar-refractivity contribution >= 4 is 17.7 Å². The molecule has 0 heterocycles. The fraction of sp³-hybridized carbons (Fsp3) is 0.591. The van der Waals surface area contributed by atoms with Gasteiger partial charge in [0.2, 0.25) is 0 Å². The molecule has 1 aliphatic rings. The second-order valence-corrected chi connectivity index (χ2v) is 8.38. The highest BCUT2D eigenvalue weighted by molar-refractivity contribution is 6.02. The van der Waals surface area contributed by atoms with Gasteiger partial charge in [0.05, 0.1) is 30.8 Å². The van der Waals surface area contributed by atoms with Crippen molar-refractivity contribution in [2.45, 2.75) is 64.8 Å². The number of ketones is 1. The Morgan fingerprint density at radius 2 is 1.67 bits per heavy atom. The molecule has 0 unspecified atom stereocenters. The van der Waals surface area contributed by atoms with E-state index >= 15 is 0 Å². The molecule has 2 N–H and O–H groups in total. The third kappa shape index (κ3) is 4.92. The van der Waals surface area contributed by atoms with Gasteiger partial charge in [-0.15, -0.1) is 0 Å². The van der Waals surface area contributed by atoms with Crippen LogP contribution in [-0.4, -0.2) is 52.9 Å². The number of phenolic OH excluding ortho intramolecular Hbond substituents is 1. The first-order valence-electron chi connectivity index (χ1n) is 9.92. The van der Waals surface area contributed by atoms with Crippen LogP contribution in [0.3, 0.4) is 0 Å². The van der Waals surface area contributed by atoms with Crippen LogP contribution in [0.25, 0.3) is 0 Å². The van der Waals surface area contributed by atoms with Gasteiger partial charge >= 0.3 is 11.9 Å². The summed E-state index contributed by atoms with van der Waals surface area (Å²) in [6, 6.07) is 4.28. The topological polar surface area (TPSA) is 119 Å². The number of phenols is 1. The first-order chi connectivity index (χ1) is 13.9. The maximum Gasteiger partial charge on any atom is 0.317 e. The van der Waals surface area contributed by atoms with Crippen molar-refractivity contribution in [2.24, 2.45) is 11.8 Å². The highest BCUT2D eigenvalue weighted by Gasteiger charge is 2.57. The standard InChI is InChI=1S/C22H30O8/c1-11(2)29-20(25)18-15(24)10-22(5,27)19(21(26)30-12(3)4)17(18)13-7-8-14(23)16(9-13)28-6/h7-9,11-12,17-19,23,27H,10H2,1-6H3/t17-,18+,19-,22+/m0/s1. The van der Waals surface area contributed by atoms with E-state index in [4.69, 9.17) is 14.2 Å². The predicted octanol–water partition coefficient (Wildman–Crippen LogP) is 2.34. The molecule has 0 aliphatic heterocycles. The predicted molar refractivity (Wildman–Crippen MR) is 107 cm³/mol. The van der Waals surface area contributed by atoms with Gasteiger partial charge in [0.25, 0.3) is 0 Å². The minimum absolute atomic E-state index is 0.108. The zero-order chi connectivity index (χ0) is 22.8. The van der Waals surface area contributed by atoms with Gasteiger partial charge in [-0.2, -0.15) is 0 Å². The zero-order valence-electron chi connectivity index (χ0n) is 18.2. The monoisotopic (exact) mass is 422 g/mol. The number of hydrogen-bond donors (Lipinski definition) is 2. The van der Waals surface area contributed by atoms with Gasteiger partial charge in [-0.3, -0.25) is 14.4 Å². The van der Waals surface area contributed by atoms with Crippen molar-refractivity contribution in [3.63, 3.8) is 0 Å². The van der Waals surface area contributed by atoms with Crippen LogP contribution in [0.1, 0.15) is 52.5 Å². The Morgan fingerprint density at radius 3 is 2.20 bits per heavy atom. The molecular weight excluding hydrogens is 392 g/mol. The lowest BCUT2D eigenvalue weighted by Crippen LogP contribution is -2.55. The van der Waals surface area contributed by atoms with Gasteiger partial charge in [0, 0.05) is 12.3 Å². The lowest BCUT2D eigenvalue weighted by molar-refractivity contribution is -0.176. The van der Waals surface area contributed by atoms with E-state index in [0.717, 1.165) is 0 Å². The lowest BCUT2D eigenvalue weighted by atomic mass is 9.61. The molecule has 8 nitrogen and oxygen atoms in total. The molecule has 0 amide bonds. The largest absolute Gasteiger partial charge is 0.504 e. The number of Topliss-reactive ketones (excluding diaryl/α,β-unsaturated/α-hetero) is 1. The van der Waals surface area contributed by atoms with Crippen LogP contribution in [0, 0.1) is 11.8 Å². The van der Waals surface area contributed by atoms with E-state index in [2.05, 4.69) is 0 Å². The number of carbonyl (C=O) groups is 3. The molecule has 0 radical (unpaired) electrons. The number of esters is 2.